The molecule has 3 aromatic rings. The number of benzene rings is 1. The Morgan fingerprint density at radius 2 is 1.91 bits per heavy atom. The van der Waals surface area contributed by atoms with Crippen molar-refractivity contribution in [3.8, 4) is 16.9 Å². The Kier molecular flexibility index (Phi) is 7.04. The summed E-state index contributed by atoms with van der Waals surface area (Å²) in [5.74, 6) is -0.102. The second-order valence-electron chi connectivity index (χ2n) is 7.28. The number of nitrogens with two attached hydrogens (primary N) is 1. The summed E-state index contributed by atoms with van der Waals surface area (Å²) in [6.45, 7) is 2.96. The third-order valence-electron chi connectivity index (χ3n) is 5.33. The molecule has 1 aliphatic rings. The number of primary amides is 1. The number of furan rings is 1. The normalized spacial score (nSPS) is 15.1. The van der Waals surface area contributed by atoms with Crippen molar-refractivity contribution in [3.05, 3.63) is 45.9 Å². The summed E-state index contributed by atoms with van der Waals surface area (Å²) in [6.07, 6.45) is 2.94. The smallest absolute Gasteiger partial charge is 0.253 e. The highest BCUT2D eigenvalue weighted by atomic mass is 35.5. The highest BCUT2D eigenvalue weighted by Gasteiger charge is 2.30. The zero-order valence-electron chi connectivity index (χ0n) is 18.1. The Hall–Kier alpha value is -2.85. The van der Waals surface area contributed by atoms with Gasteiger partial charge in [-0.15, -0.1) is 0 Å². The van der Waals surface area contributed by atoms with Crippen LogP contribution in [-0.4, -0.2) is 68.6 Å². The first-order chi connectivity index (χ1) is 16.0. The van der Waals surface area contributed by atoms with Gasteiger partial charge in [-0.1, -0.05) is 28.4 Å². The number of amides is 1. The molecule has 2 aromatic heterocycles. The molecule has 1 aliphatic heterocycles. The minimum absolute atomic E-state index is 0.131. The molecule has 33 heavy (non-hydrogen) atoms. The van der Waals surface area contributed by atoms with Gasteiger partial charge in [0, 0.05) is 43.0 Å². The number of methoxy groups -OCH3 is 1. The highest BCUT2D eigenvalue weighted by molar-refractivity contribution is 6.39. The number of morpholine rings is 1. The number of halogens is 2. The molecule has 0 radical (unpaired) electrons. The monoisotopic (exact) mass is 492 g/mol. The van der Waals surface area contributed by atoms with Crippen LogP contribution in [0.5, 0.6) is 5.75 Å². The van der Waals surface area contributed by atoms with Crippen LogP contribution in [0.3, 0.4) is 0 Å². The van der Waals surface area contributed by atoms with E-state index in [1.807, 2.05) is 0 Å². The van der Waals surface area contributed by atoms with Crippen molar-refractivity contribution in [2.24, 2.45) is 10.9 Å². The van der Waals surface area contributed by atoms with Crippen molar-refractivity contribution in [2.45, 2.75) is 0 Å². The van der Waals surface area contributed by atoms with Gasteiger partial charge in [-0.05, 0) is 17.7 Å². The van der Waals surface area contributed by atoms with E-state index in [0.717, 1.165) is 0 Å². The molecule has 2 N–H and O–H groups in total. The molecule has 0 spiro atoms. The van der Waals surface area contributed by atoms with E-state index in [-0.39, 0.29) is 11.3 Å². The molecule has 3 heterocycles. The summed E-state index contributed by atoms with van der Waals surface area (Å²) in [5.41, 5.74) is 7.76. The van der Waals surface area contributed by atoms with Crippen molar-refractivity contribution in [1.29, 1.82) is 0 Å². The molecule has 0 unspecified atom stereocenters. The number of fused-ring (bicyclic) bond motifs is 1. The van der Waals surface area contributed by atoms with Crippen LogP contribution < -0.4 is 10.5 Å². The van der Waals surface area contributed by atoms with E-state index in [0.29, 0.717) is 76.5 Å². The molecule has 0 aliphatic carbocycles. The molecule has 1 aromatic carbocycles. The van der Waals surface area contributed by atoms with E-state index in [1.54, 1.807) is 12.1 Å². The summed E-state index contributed by atoms with van der Waals surface area (Å²) in [7, 11) is 2.93. The van der Waals surface area contributed by atoms with E-state index in [4.69, 9.17) is 47.7 Å². The first kappa shape index (κ1) is 23.3. The standard InChI is InChI=1S/C22H22Cl2N4O5/c1-30-16-4-3-12(17-13(23)9-26-10-14(17)24)18-19(22(25)29)20(33-21(16)18)15(27-31-2)11-28-5-7-32-8-6-28/h3-4,9-10H,5-8,11H2,1-2H3,(H2,25,29). The van der Waals surface area contributed by atoms with Gasteiger partial charge in [-0.2, -0.15) is 0 Å². The van der Waals surface area contributed by atoms with Gasteiger partial charge < -0.3 is 24.5 Å². The highest BCUT2D eigenvalue weighted by Crippen LogP contribution is 2.44. The molecule has 4 rings (SSSR count). The molecular formula is C22H22Cl2N4O5. The number of aromatic nitrogens is 1. The van der Waals surface area contributed by atoms with Crippen LogP contribution in [0.2, 0.25) is 10.0 Å². The summed E-state index contributed by atoms with van der Waals surface area (Å²) < 4.78 is 17.1. The quantitative estimate of drug-likeness (QED) is 0.396. The predicted octanol–water partition coefficient (Wildman–Crippen LogP) is 3.59. The fraction of sp³-hybridized carbons (Fsp3) is 0.318. The summed E-state index contributed by atoms with van der Waals surface area (Å²) in [6, 6.07) is 3.45. The van der Waals surface area contributed by atoms with Crippen molar-refractivity contribution in [2.75, 3.05) is 47.1 Å². The molecule has 1 saturated heterocycles. The third kappa shape index (κ3) is 4.49. The van der Waals surface area contributed by atoms with Crippen LogP contribution in [0.15, 0.2) is 34.1 Å². The number of rotatable bonds is 7. The van der Waals surface area contributed by atoms with Crippen LogP contribution in [0.4, 0.5) is 0 Å². The van der Waals surface area contributed by atoms with Gasteiger partial charge in [0.2, 0.25) is 0 Å². The van der Waals surface area contributed by atoms with Crippen LogP contribution in [0.25, 0.3) is 22.1 Å². The Bertz CT molecular complexity index is 1200. The van der Waals surface area contributed by atoms with Gasteiger partial charge in [-0.25, -0.2) is 0 Å². The van der Waals surface area contributed by atoms with E-state index < -0.39 is 5.91 Å². The zero-order chi connectivity index (χ0) is 23.5. The molecule has 1 fully saturated rings. The van der Waals surface area contributed by atoms with Crippen LogP contribution in [-0.2, 0) is 9.57 Å². The summed E-state index contributed by atoms with van der Waals surface area (Å²) in [5, 5.41) is 5.19. The van der Waals surface area contributed by atoms with Crippen molar-refractivity contribution in [3.63, 3.8) is 0 Å². The molecule has 9 nitrogen and oxygen atoms in total. The second-order valence-corrected chi connectivity index (χ2v) is 8.09. The van der Waals surface area contributed by atoms with Gasteiger partial charge in [0.25, 0.3) is 5.91 Å². The molecule has 11 heteroatoms. The maximum Gasteiger partial charge on any atom is 0.253 e. The lowest BCUT2D eigenvalue weighted by Crippen LogP contribution is -2.40. The molecule has 1 amide bonds. The largest absolute Gasteiger partial charge is 0.493 e. The SMILES string of the molecule is CON=C(CN1CCOCC1)c1oc2c(OC)ccc(-c3c(Cl)cncc3Cl)c2c1C(N)=O. The lowest BCUT2D eigenvalue weighted by Gasteiger charge is -2.26. The van der Waals surface area contributed by atoms with E-state index in [2.05, 4.69) is 15.0 Å². The van der Waals surface area contributed by atoms with Gasteiger partial charge >= 0.3 is 0 Å². The van der Waals surface area contributed by atoms with E-state index >= 15 is 0 Å². The minimum atomic E-state index is -0.703. The zero-order valence-corrected chi connectivity index (χ0v) is 19.6. The van der Waals surface area contributed by atoms with Crippen LogP contribution in [0, 0.1) is 0 Å². The summed E-state index contributed by atoms with van der Waals surface area (Å²) >= 11 is 12.9. The number of hydrogen-bond donors (Lipinski definition) is 1. The van der Waals surface area contributed by atoms with Crippen molar-refractivity contribution >= 4 is 45.8 Å². The minimum Gasteiger partial charge on any atom is -0.493 e. The van der Waals surface area contributed by atoms with E-state index in [1.165, 1.54) is 26.6 Å². The average molecular weight is 493 g/mol. The average Bonchev–Trinajstić information content (AvgIpc) is 3.21. The third-order valence-corrected chi connectivity index (χ3v) is 5.91. The number of carbonyl (C=O) groups is 1. The van der Waals surface area contributed by atoms with Gasteiger partial charge in [-0.3, -0.25) is 14.7 Å². The van der Waals surface area contributed by atoms with Crippen LogP contribution in [0.1, 0.15) is 16.1 Å². The van der Waals surface area contributed by atoms with Crippen molar-refractivity contribution < 1.29 is 23.5 Å². The van der Waals surface area contributed by atoms with Gasteiger partial charge in [0.1, 0.15) is 12.8 Å². The van der Waals surface area contributed by atoms with Crippen LogP contribution >= 0.6 is 23.2 Å². The first-order valence-electron chi connectivity index (χ1n) is 10.1. The molecule has 0 saturated carbocycles. The second kappa shape index (κ2) is 9.96. The maximum absolute atomic E-state index is 12.8. The molecular weight excluding hydrogens is 471 g/mol. The predicted molar refractivity (Wildman–Crippen MR) is 125 cm³/mol. The Morgan fingerprint density at radius 3 is 2.52 bits per heavy atom. The number of ether oxygens (including phenoxy) is 2. The Balaban J connectivity index is 1.99. The fourth-order valence-electron chi connectivity index (χ4n) is 3.88. The van der Waals surface area contributed by atoms with Gasteiger partial charge in [0.05, 0.1) is 35.9 Å². The summed E-state index contributed by atoms with van der Waals surface area (Å²) in [4.78, 5) is 24.0. The molecule has 174 valence electrons. The number of pyridine rings is 1. The lowest BCUT2D eigenvalue weighted by atomic mass is 9.97. The Labute approximate surface area is 200 Å². The van der Waals surface area contributed by atoms with Crippen molar-refractivity contribution in [1.82, 2.24) is 9.88 Å². The number of carbonyl (C=O) groups excluding carboxylic acids is 1. The number of oxime groups is 1. The molecule has 0 bridgehead atoms. The Morgan fingerprint density at radius 1 is 1.21 bits per heavy atom. The topological polar surface area (TPSA) is 112 Å². The first-order valence-corrected chi connectivity index (χ1v) is 10.8. The lowest BCUT2D eigenvalue weighted by molar-refractivity contribution is 0.0448. The van der Waals surface area contributed by atoms with Gasteiger partial charge in [0.15, 0.2) is 17.1 Å². The fourth-order valence-corrected chi connectivity index (χ4v) is 4.45. The van der Waals surface area contributed by atoms with E-state index in [9.17, 15) is 4.79 Å². The molecule has 0 atom stereocenters. The number of nitrogens with zero attached hydrogens (tertiary/aromatic N) is 3. The maximum atomic E-state index is 12.8. The number of hydrogen-bond acceptors (Lipinski definition) is 8.